The molecule has 9 unspecified atom stereocenters. The van der Waals surface area contributed by atoms with E-state index >= 15 is 0 Å². The van der Waals surface area contributed by atoms with Gasteiger partial charge in [0.15, 0.2) is 6.29 Å². The van der Waals surface area contributed by atoms with Crippen molar-refractivity contribution < 1.29 is 50.0 Å². The minimum absolute atomic E-state index is 0.247. The number of nitrogens with one attached hydrogen (secondary N) is 1. The zero-order valence-electron chi connectivity index (χ0n) is 58.9. The average Bonchev–Trinajstić information content (AvgIpc) is 1.35. The molecule has 1 fully saturated rings. The standard InChI is InChI=1S/C79H149NO10/c1-3-5-7-9-11-13-15-17-19-21-23-25-27-29-31-33-35-37-39-41-43-45-47-49-51-53-55-57-59-61-63-65-67-72(83)78(88)80-70(69-89-79-77(87)76(86)75(85)73(68-81)90-79)74(84)71(82)66-64-62-60-58-56-54-52-50-48-46-44-42-40-38-36-34-32-30-28-26-24-22-20-18-16-14-12-10-8-6-4-2/h23,25,29,31,50,52,58,60,70-77,79,81-87H,3-22,24,26-28,30,32-49,51,53-57,59,61-69H2,1-2H3,(H,80,88)/b25-23-,31-29-,52-50+,60-58+. The summed E-state index contributed by atoms with van der Waals surface area (Å²) in [6.45, 7) is 3.50. The highest BCUT2D eigenvalue weighted by atomic mass is 16.7. The van der Waals surface area contributed by atoms with Gasteiger partial charge >= 0.3 is 0 Å². The fourth-order valence-corrected chi connectivity index (χ4v) is 12.6. The third-order valence-corrected chi connectivity index (χ3v) is 18.8. The molecule has 0 bridgehead atoms. The first-order chi connectivity index (χ1) is 44.2. The SMILES string of the molecule is CCCCCCCCCCC/C=C\C/C=C\CCCCCCCCCCCCCCCCCCC(O)C(=O)NC(COC1OC(CO)C(O)C(O)C1O)C(O)C(O)CCC/C=C/CC/C=C/CCCCCCCCCCCCCCCCCCCCCCCC. The quantitative estimate of drug-likeness (QED) is 0.0215. The van der Waals surface area contributed by atoms with Gasteiger partial charge in [-0.25, -0.2) is 0 Å². The number of aliphatic hydroxyl groups excluding tert-OH is 7. The van der Waals surface area contributed by atoms with Gasteiger partial charge < -0.3 is 50.5 Å². The summed E-state index contributed by atoms with van der Waals surface area (Å²) >= 11 is 0. The molecule has 8 N–H and O–H groups in total. The van der Waals surface area contributed by atoms with Gasteiger partial charge in [-0.1, -0.05) is 345 Å². The summed E-state index contributed by atoms with van der Waals surface area (Å²) in [7, 11) is 0. The fraction of sp³-hybridized carbons (Fsp3) is 0.886. The van der Waals surface area contributed by atoms with Crippen molar-refractivity contribution in [1.82, 2.24) is 5.32 Å². The number of allylic oxidation sites excluding steroid dienone is 8. The highest BCUT2D eigenvalue weighted by molar-refractivity contribution is 5.80. The Bertz CT molecular complexity index is 1610. The number of hydrogen-bond donors (Lipinski definition) is 8. The molecule has 11 nitrogen and oxygen atoms in total. The van der Waals surface area contributed by atoms with E-state index in [2.05, 4.69) is 67.8 Å². The van der Waals surface area contributed by atoms with Crippen LogP contribution in [0.1, 0.15) is 380 Å². The lowest BCUT2D eigenvalue weighted by Crippen LogP contribution is -2.60. The molecule has 1 rings (SSSR count). The van der Waals surface area contributed by atoms with Crippen LogP contribution in [0.3, 0.4) is 0 Å². The number of carbonyl (C=O) groups excluding carboxylic acids is 1. The average molecular weight is 1270 g/mol. The second-order valence-electron chi connectivity index (χ2n) is 27.4. The molecule has 0 aliphatic carbocycles. The van der Waals surface area contributed by atoms with E-state index in [1.54, 1.807) is 0 Å². The summed E-state index contributed by atoms with van der Waals surface area (Å²) in [5.74, 6) is -0.705. The van der Waals surface area contributed by atoms with Crippen molar-refractivity contribution in [1.29, 1.82) is 0 Å². The van der Waals surface area contributed by atoms with Gasteiger partial charge in [-0.3, -0.25) is 4.79 Å². The summed E-state index contributed by atoms with van der Waals surface area (Å²) in [6.07, 6.45) is 78.0. The van der Waals surface area contributed by atoms with E-state index in [-0.39, 0.29) is 12.8 Å². The molecule has 1 aliphatic heterocycles. The van der Waals surface area contributed by atoms with E-state index in [0.717, 1.165) is 44.9 Å². The Morgan fingerprint density at radius 1 is 0.389 bits per heavy atom. The molecule has 9 atom stereocenters. The predicted octanol–water partition coefficient (Wildman–Crippen LogP) is 19.9. The zero-order chi connectivity index (χ0) is 65.3. The molecule has 0 aromatic heterocycles. The number of aliphatic hydroxyl groups is 7. The van der Waals surface area contributed by atoms with Crippen molar-refractivity contribution in [3.63, 3.8) is 0 Å². The van der Waals surface area contributed by atoms with Crippen LogP contribution in [-0.4, -0.2) is 110 Å². The summed E-state index contributed by atoms with van der Waals surface area (Å²) in [5.41, 5.74) is 0. The van der Waals surface area contributed by atoms with Crippen LogP contribution in [0.2, 0.25) is 0 Å². The largest absolute Gasteiger partial charge is 0.394 e. The predicted molar refractivity (Wildman–Crippen MR) is 381 cm³/mol. The van der Waals surface area contributed by atoms with Gasteiger partial charge in [0, 0.05) is 0 Å². The first kappa shape index (κ1) is 86.1. The molecule has 11 heteroatoms. The van der Waals surface area contributed by atoms with Crippen LogP contribution in [0.15, 0.2) is 48.6 Å². The van der Waals surface area contributed by atoms with E-state index in [1.165, 1.54) is 289 Å². The Hall–Kier alpha value is -1.93. The first-order valence-corrected chi connectivity index (χ1v) is 39.0. The lowest BCUT2D eigenvalue weighted by atomic mass is 9.98. The maximum atomic E-state index is 13.3. The van der Waals surface area contributed by atoms with Gasteiger partial charge in [0.25, 0.3) is 0 Å². The Morgan fingerprint density at radius 3 is 1.06 bits per heavy atom. The number of rotatable bonds is 69. The summed E-state index contributed by atoms with van der Waals surface area (Å²) in [4.78, 5) is 13.3. The van der Waals surface area contributed by atoms with Gasteiger partial charge in [0.2, 0.25) is 5.91 Å². The second kappa shape index (κ2) is 67.1. The van der Waals surface area contributed by atoms with Crippen molar-refractivity contribution >= 4 is 5.91 Å². The Kier molecular flexibility index (Phi) is 64.1. The Labute approximate surface area is 555 Å². The lowest BCUT2D eigenvalue weighted by Gasteiger charge is -2.40. The summed E-state index contributed by atoms with van der Waals surface area (Å²) in [6, 6.07) is -1.19. The maximum absolute atomic E-state index is 13.3. The van der Waals surface area contributed by atoms with Crippen molar-refractivity contribution in [2.75, 3.05) is 13.2 Å². The molecule has 1 amide bonds. The molecule has 0 radical (unpaired) electrons. The van der Waals surface area contributed by atoms with E-state index in [9.17, 15) is 40.5 Å². The summed E-state index contributed by atoms with van der Waals surface area (Å²) in [5, 5.41) is 76.6. The Morgan fingerprint density at radius 2 is 0.700 bits per heavy atom. The van der Waals surface area contributed by atoms with Gasteiger partial charge in [-0.15, -0.1) is 0 Å². The van der Waals surface area contributed by atoms with Crippen molar-refractivity contribution in [3.8, 4) is 0 Å². The molecular formula is C79H149NO10. The number of ether oxygens (including phenoxy) is 2. The van der Waals surface area contributed by atoms with Gasteiger partial charge in [0.1, 0.15) is 36.6 Å². The number of hydrogen-bond acceptors (Lipinski definition) is 10. The molecular weight excluding hydrogens is 1120 g/mol. The van der Waals surface area contributed by atoms with Crippen LogP contribution in [-0.2, 0) is 14.3 Å². The molecule has 0 aromatic rings. The molecule has 90 heavy (non-hydrogen) atoms. The molecule has 0 aromatic carbocycles. The third-order valence-electron chi connectivity index (χ3n) is 18.8. The van der Waals surface area contributed by atoms with E-state index < -0.39 is 74.2 Å². The topological polar surface area (TPSA) is 189 Å². The van der Waals surface area contributed by atoms with Gasteiger partial charge in [0.05, 0.1) is 25.4 Å². The van der Waals surface area contributed by atoms with Crippen LogP contribution in [0.5, 0.6) is 0 Å². The fourth-order valence-electron chi connectivity index (χ4n) is 12.6. The zero-order valence-corrected chi connectivity index (χ0v) is 58.9. The normalized spacial score (nSPS) is 18.7. The monoisotopic (exact) mass is 1270 g/mol. The molecule has 1 aliphatic rings. The first-order valence-electron chi connectivity index (χ1n) is 39.0. The van der Waals surface area contributed by atoms with Crippen molar-refractivity contribution in [3.05, 3.63) is 48.6 Å². The second-order valence-corrected chi connectivity index (χ2v) is 27.4. The lowest BCUT2D eigenvalue weighted by molar-refractivity contribution is -0.303. The highest BCUT2D eigenvalue weighted by Crippen LogP contribution is 2.24. The smallest absolute Gasteiger partial charge is 0.249 e. The summed E-state index contributed by atoms with van der Waals surface area (Å²) < 4.78 is 11.2. The third kappa shape index (κ3) is 53.3. The van der Waals surface area contributed by atoms with Crippen LogP contribution < -0.4 is 5.32 Å². The molecule has 0 spiro atoms. The van der Waals surface area contributed by atoms with E-state index in [4.69, 9.17) is 9.47 Å². The van der Waals surface area contributed by atoms with Gasteiger partial charge in [-0.2, -0.15) is 0 Å². The number of amides is 1. The van der Waals surface area contributed by atoms with Crippen LogP contribution in [0.4, 0.5) is 0 Å². The van der Waals surface area contributed by atoms with E-state index in [1.807, 2.05) is 0 Å². The maximum Gasteiger partial charge on any atom is 0.249 e. The van der Waals surface area contributed by atoms with Crippen LogP contribution >= 0.6 is 0 Å². The van der Waals surface area contributed by atoms with E-state index in [0.29, 0.717) is 19.3 Å². The van der Waals surface area contributed by atoms with Crippen LogP contribution in [0.25, 0.3) is 0 Å². The number of unbranched alkanes of at least 4 members (excludes halogenated alkanes) is 49. The van der Waals surface area contributed by atoms with Crippen molar-refractivity contribution in [2.24, 2.45) is 0 Å². The molecule has 0 saturated carbocycles. The minimum atomic E-state index is -1.67. The van der Waals surface area contributed by atoms with Crippen molar-refractivity contribution in [2.45, 2.75) is 435 Å². The number of carbonyl (C=O) groups is 1. The molecule has 1 heterocycles. The van der Waals surface area contributed by atoms with Gasteiger partial charge in [-0.05, 0) is 83.5 Å². The minimum Gasteiger partial charge on any atom is -0.394 e. The molecule has 1 saturated heterocycles. The highest BCUT2D eigenvalue weighted by Gasteiger charge is 2.44. The van der Waals surface area contributed by atoms with Crippen LogP contribution in [0, 0.1) is 0 Å². The molecule has 530 valence electrons. The Balaban J connectivity index is 2.18.